The first-order chi connectivity index (χ1) is 8.44. The van der Waals surface area contributed by atoms with Crippen LogP contribution in [0.15, 0.2) is 17.0 Å². The van der Waals surface area contributed by atoms with Crippen molar-refractivity contribution in [2.45, 2.75) is 38.1 Å². The second-order valence-corrected chi connectivity index (χ2v) is 6.94. The van der Waals surface area contributed by atoms with Gasteiger partial charge in [-0.1, -0.05) is 0 Å². The second-order valence-electron chi connectivity index (χ2n) is 5.29. The summed E-state index contributed by atoms with van der Waals surface area (Å²) in [6.45, 7) is 6.60. The van der Waals surface area contributed by atoms with Gasteiger partial charge in [0.1, 0.15) is 5.69 Å². The van der Waals surface area contributed by atoms with Crippen LogP contribution in [0.25, 0.3) is 0 Å². The van der Waals surface area contributed by atoms with Crippen molar-refractivity contribution in [3.05, 3.63) is 27.8 Å². The number of hydrogen-bond acceptors (Lipinski definition) is 5. The number of nitrogens with one attached hydrogen (secondary N) is 1. The molecular formula is C11H17N3O4S. The Kier molecular flexibility index (Phi) is 3.87. The van der Waals surface area contributed by atoms with Crippen molar-refractivity contribution in [2.24, 2.45) is 0 Å². The average Bonchev–Trinajstić information content (AvgIpc) is 2.11. The lowest BCUT2D eigenvalue weighted by atomic mass is 10.1. The van der Waals surface area contributed by atoms with Crippen molar-refractivity contribution < 1.29 is 13.3 Å². The highest BCUT2D eigenvalue weighted by atomic mass is 32.2. The molecule has 0 unspecified atom stereocenters. The fraction of sp³-hybridized carbons (Fsp3) is 0.455. The average molecular weight is 287 g/mol. The summed E-state index contributed by atoms with van der Waals surface area (Å²) < 4.78 is 26.8. The lowest BCUT2D eigenvalue weighted by molar-refractivity contribution is -0.384. The van der Waals surface area contributed by atoms with E-state index in [9.17, 15) is 18.5 Å². The van der Waals surface area contributed by atoms with Gasteiger partial charge >= 0.3 is 0 Å². The maximum atomic E-state index is 12.2. The van der Waals surface area contributed by atoms with Crippen molar-refractivity contribution >= 4 is 21.4 Å². The first-order valence-corrected chi connectivity index (χ1v) is 7.01. The zero-order valence-corrected chi connectivity index (χ0v) is 12.0. The molecule has 0 aliphatic heterocycles. The maximum Gasteiger partial charge on any atom is 0.293 e. The summed E-state index contributed by atoms with van der Waals surface area (Å²) in [5, 5.41) is 10.8. The van der Waals surface area contributed by atoms with E-state index in [0.29, 0.717) is 5.56 Å². The highest BCUT2D eigenvalue weighted by Crippen LogP contribution is 2.28. The van der Waals surface area contributed by atoms with Gasteiger partial charge in [0.2, 0.25) is 10.0 Å². The Morgan fingerprint density at radius 1 is 1.32 bits per heavy atom. The van der Waals surface area contributed by atoms with Gasteiger partial charge in [-0.2, -0.15) is 0 Å². The molecule has 19 heavy (non-hydrogen) atoms. The first-order valence-electron chi connectivity index (χ1n) is 5.52. The van der Waals surface area contributed by atoms with Crippen molar-refractivity contribution in [2.75, 3.05) is 5.73 Å². The molecule has 0 heterocycles. The van der Waals surface area contributed by atoms with Crippen LogP contribution in [0.1, 0.15) is 26.3 Å². The van der Waals surface area contributed by atoms with Crippen molar-refractivity contribution in [3.63, 3.8) is 0 Å². The molecule has 3 N–H and O–H groups in total. The molecule has 0 saturated heterocycles. The monoisotopic (exact) mass is 287 g/mol. The molecule has 0 atom stereocenters. The molecule has 0 spiro atoms. The zero-order valence-electron chi connectivity index (χ0n) is 11.2. The van der Waals surface area contributed by atoms with Gasteiger partial charge in [-0.05, 0) is 39.3 Å². The Balaban J connectivity index is 3.43. The van der Waals surface area contributed by atoms with E-state index in [0.717, 1.165) is 6.07 Å². The van der Waals surface area contributed by atoms with E-state index < -0.39 is 26.2 Å². The first kappa shape index (κ1) is 15.4. The number of nitro benzene ring substituents is 1. The molecule has 0 bridgehead atoms. The number of sulfonamides is 1. The number of anilines is 1. The third-order valence-electron chi connectivity index (χ3n) is 2.25. The van der Waals surface area contributed by atoms with Crippen LogP contribution in [0.3, 0.4) is 0 Å². The normalized spacial score (nSPS) is 12.4. The van der Waals surface area contributed by atoms with Gasteiger partial charge in [0, 0.05) is 11.6 Å². The van der Waals surface area contributed by atoms with Crippen LogP contribution in [0, 0.1) is 17.0 Å². The lowest BCUT2D eigenvalue weighted by Crippen LogP contribution is -2.40. The van der Waals surface area contributed by atoms with Crippen molar-refractivity contribution in [1.29, 1.82) is 0 Å². The molecule has 0 radical (unpaired) electrons. The number of hydrogen-bond donors (Lipinski definition) is 2. The number of benzene rings is 1. The number of nitrogens with two attached hydrogens (primary N) is 1. The van der Waals surface area contributed by atoms with Gasteiger partial charge < -0.3 is 5.73 Å². The van der Waals surface area contributed by atoms with Crippen LogP contribution in [0.4, 0.5) is 11.4 Å². The Morgan fingerprint density at radius 2 is 1.84 bits per heavy atom. The van der Waals surface area contributed by atoms with Gasteiger partial charge in [0.05, 0.1) is 9.82 Å². The molecule has 0 aromatic heterocycles. The molecule has 8 heteroatoms. The summed E-state index contributed by atoms with van der Waals surface area (Å²) in [6.07, 6.45) is 0. The van der Waals surface area contributed by atoms with Gasteiger partial charge in [-0.15, -0.1) is 0 Å². The maximum absolute atomic E-state index is 12.2. The van der Waals surface area contributed by atoms with Gasteiger partial charge in [-0.3, -0.25) is 10.1 Å². The summed E-state index contributed by atoms with van der Waals surface area (Å²) in [4.78, 5) is 9.97. The molecule has 0 fully saturated rings. The van der Waals surface area contributed by atoms with Gasteiger partial charge in [0.15, 0.2) is 0 Å². The summed E-state index contributed by atoms with van der Waals surface area (Å²) in [7, 11) is -3.83. The number of nitrogen functional groups attached to an aromatic ring is 1. The van der Waals surface area contributed by atoms with Crippen LogP contribution < -0.4 is 10.5 Å². The molecule has 106 valence electrons. The van der Waals surface area contributed by atoms with E-state index in [1.165, 1.54) is 13.0 Å². The fourth-order valence-corrected chi connectivity index (χ4v) is 3.27. The van der Waals surface area contributed by atoms with Crippen LogP contribution in [-0.2, 0) is 10.0 Å². The Labute approximate surface area is 112 Å². The molecule has 0 aliphatic rings. The van der Waals surface area contributed by atoms with Crippen molar-refractivity contribution in [3.8, 4) is 0 Å². The summed E-state index contributed by atoms with van der Waals surface area (Å²) in [5.74, 6) is 0. The SMILES string of the molecule is Cc1cc(N)c([N+](=O)[O-])cc1S(=O)(=O)NC(C)(C)C. The predicted molar refractivity (Wildman–Crippen MR) is 72.3 cm³/mol. The second kappa shape index (κ2) is 4.78. The van der Waals surface area contributed by atoms with Crippen molar-refractivity contribution in [1.82, 2.24) is 4.72 Å². The molecule has 7 nitrogen and oxygen atoms in total. The van der Waals surface area contributed by atoms with Crippen LogP contribution in [-0.4, -0.2) is 18.9 Å². The van der Waals surface area contributed by atoms with E-state index >= 15 is 0 Å². The van der Waals surface area contributed by atoms with Crippen LogP contribution in [0.2, 0.25) is 0 Å². The van der Waals surface area contributed by atoms with E-state index in [4.69, 9.17) is 5.73 Å². The summed E-state index contributed by atoms with van der Waals surface area (Å²) >= 11 is 0. The lowest BCUT2D eigenvalue weighted by Gasteiger charge is -2.21. The van der Waals surface area contributed by atoms with Crippen LogP contribution >= 0.6 is 0 Å². The minimum atomic E-state index is -3.83. The molecule has 1 aromatic carbocycles. The van der Waals surface area contributed by atoms with E-state index in [-0.39, 0.29) is 10.6 Å². The number of rotatable bonds is 3. The highest BCUT2D eigenvalue weighted by Gasteiger charge is 2.26. The summed E-state index contributed by atoms with van der Waals surface area (Å²) in [6, 6.07) is 2.27. The molecule has 1 aromatic rings. The van der Waals surface area contributed by atoms with E-state index in [1.54, 1.807) is 20.8 Å². The third kappa shape index (κ3) is 3.65. The quantitative estimate of drug-likeness (QED) is 0.497. The number of aryl methyl sites for hydroxylation is 1. The zero-order chi connectivity index (χ0) is 15.0. The topological polar surface area (TPSA) is 115 Å². The minimum absolute atomic E-state index is 0.0581. The molecule has 0 saturated carbocycles. The highest BCUT2D eigenvalue weighted by molar-refractivity contribution is 7.89. The fourth-order valence-electron chi connectivity index (χ4n) is 1.61. The molecule has 1 rings (SSSR count). The third-order valence-corrected chi connectivity index (χ3v) is 4.15. The minimum Gasteiger partial charge on any atom is -0.393 e. The van der Waals surface area contributed by atoms with E-state index in [1.807, 2.05) is 0 Å². The van der Waals surface area contributed by atoms with Gasteiger partial charge in [-0.25, -0.2) is 13.1 Å². The number of nitro groups is 1. The van der Waals surface area contributed by atoms with Gasteiger partial charge in [0.25, 0.3) is 5.69 Å². The largest absolute Gasteiger partial charge is 0.393 e. The number of nitrogens with zero attached hydrogens (tertiary/aromatic N) is 1. The standard InChI is InChI=1S/C11H17N3O4S/c1-7-5-8(12)9(14(15)16)6-10(7)19(17,18)13-11(2,3)4/h5-6,13H,12H2,1-4H3. The summed E-state index contributed by atoms with van der Waals surface area (Å²) in [5.41, 5.74) is 4.71. The smallest absolute Gasteiger partial charge is 0.293 e. The van der Waals surface area contributed by atoms with Crippen LogP contribution in [0.5, 0.6) is 0 Å². The Bertz CT molecular complexity index is 618. The Morgan fingerprint density at radius 3 is 2.26 bits per heavy atom. The van der Waals surface area contributed by atoms with E-state index in [2.05, 4.69) is 4.72 Å². The molecular weight excluding hydrogens is 270 g/mol. The molecule has 0 aliphatic carbocycles. The predicted octanol–water partition coefficient (Wildman–Crippen LogP) is 1.56. The Hall–Kier alpha value is -1.67. The molecule has 0 amide bonds.